The topological polar surface area (TPSA) is 65.2 Å². The molecule has 0 aromatic carbocycles. The molecule has 0 saturated heterocycles. The summed E-state index contributed by atoms with van der Waals surface area (Å²) in [7, 11) is 4.21. The molecule has 0 unspecified atom stereocenters. The van der Waals surface area contributed by atoms with Crippen molar-refractivity contribution in [2.45, 2.75) is 64.8 Å². The van der Waals surface area contributed by atoms with Gasteiger partial charge in [-0.05, 0) is 53.3 Å². The lowest BCUT2D eigenvalue weighted by Gasteiger charge is -2.39. The third-order valence-electron chi connectivity index (χ3n) is 5.58. The van der Waals surface area contributed by atoms with Crippen LogP contribution in [0.2, 0.25) is 0 Å². The molecule has 1 fully saturated rings. The van der Waals surface area contributed by atoms with Crippen LogP contribution in [0.1, 0.15) is 77.6 Å². The van der Waals surface area contributed by atoms with E-state index < -0.39 is 0 Å². The molecule has 0 bridgehead atoms. The molecule has 0 radical (unpaired) electrons. The van der Waals surface area contributed by atoms with E-state index in [1.54, 1.807) is 0 Å². The third-order valence-corrected chi connectivity index (χ3v) is 5.58. The Kier molecular flexibility index (Phi) is 5.86. The van der Waals surface area contributed by atoms with E-state index in [2.05, 4.69) is 29.3 Å². The number of nitrogens with one attached hydrogen (secondary N) is 2. The van der Waals surface area contributed by atoms with E-state index in [4.69, 9.17) is 0 Å². The van der Waals surface area contributed by atoms with Crippen molar-refractivity contribution in [3.8, 4) is 0 Å². The molecule has 1 amide bonds. The van der Waals surface area contributed by atoms with Gasteiger partial charge in [0.15, 0.2) is 5.78 Å². The van der Waals surface area contributed by atoms with E-state index in [9.17, 15) is 9.59 Å². The Bertz CT molecular complexity index is 608. The van der Waals surface area contributed by atoms with E-state index in [1.807, 2.05) is 13.8 Å². The second-order valence-corrected chi connectivity index (χ2v) is 7.40. The number of hydrogen-bond donors (Lipinski definition) is 2. The maximum atomic E-state index is 12.7. The lowest BCUT2D eigenvalue weighted by molar-refractivity contribution is 0.0864. The van der Waals surface area contributed by atoms with Gasteiger partial charge in [0.25, 0.3) is 5.91 Å². The largest absolute Gasteiger partial charge is 0.354 e. The lowest BCUT2D eigenvalue weighted by atomic mass is 9.88. The first kappa shape index (κ1) is 18.7. The number of carbonyl (C=O) groups is 2. The van der Waals surface area contributed by atoms with Crippen LogP contribution in [0.25, 0.3) is 0 Å². The van der Waals surface area contributed by atoms with Crippen molar-refractivity contribution in [1.82, 2.24) is 15.2 Å². The zero-order chi connectivity index (χ0) is 17.9. The summed E-state index contributed by atoms with van der Waals surface area (Å²) < 4.78 is 0. The van der Waals surface area contributed by atoms with Crippen LogP contribution in [0.5, 0.6) is 0 Å². The molecule has 5 heteroatoms. The van der Waals surface area contributed by atoms with Gasteiger partial charge in [0, 0.05) is 23.3 Å². The van der Waals surface area contributed by atoms with E-state index in [0.717, 1.165) is 24.1 Å². The highest BCUT2D eigenvalue weighted by atomic mass is 16.2. The number of amides is 1. The Labute approximate surface area is 145 Å². The summed E-state index contributed by atoms with van der Waals surface area (Å²) in [5, 5.41) is 3.12. The van der Waals surface area contributed by atoms with Gasteiger partial charge < -0.3 is 15.2 Å². The maximum absolute atomic E-state index is 12.7. The minimum Gasteiger partial charge on any atom is -0.354 e. The number of aryl methyl sites for hydroxylation is 1. The normalized spacial score (nSPS) is 17.6. The number of ketones is 1. The van der Waals surface area contributed by atoms with Crippen LogP contribution in [0.4, 0.5) is 0 Å². The van der Waals surface area contributed by atoms with Crippen LogP contribution < -0.4 is 5.32 Å². The number of carbonyl (C=O) groups excluding carboxylic acids is 2. The molecular weight excluding hydrogens is 302 g/mol. The average Bonchev–Trinajstić information content (AvgIpc) is 2.69. The molecule has 5 nitrogen and oxygen atoms in total. The minimum absolute atomic E-state index is 0.00571. The second kappa shape index (κ2) is 7.51. The number of hydrogen-bond acceptors (Lipinski definition) is 3. The highest BCUT2D eigenvalue weighted by Crippen LogP contribution is 2.30. The summed E-state index contributed by atoms with van der Waals surface area (Å²) in [5.41, 5.74) is 2.70. The van der Waals surface area contributed by atoms with Crippen molar-refractivity contribution in [1.29, 1.82) is 0 Å². The first-order valence-corrected chi connectivity index (χ1v) is 8.94. The van der Waals surface area contributed by atoms with Gasteiger partial charge in [-0.2, -0.15) is 0 Å². The van der Waals surface area contributed by atoms with Crippen LogP contribution >= 0.6 is 0 Å². The van der Waals surface area contributed by atoms with E-state index in [1.165, 1.54) is 32.6 Å². The van der Waals surface area contributed by atoms with Crippen LogP contribution in [-0.2, 0) is 0 Å². The molecule has 134 valence electrons. The van der Waals surface area contributed by atoms with Crippen molar-refractivity contribution >= 4 is 11.7 Å². The van der Waals surface area contributed by atoms with Crippen molar-refractivity contribution in [3.63, 3.8) is 0 Å². The molecule has 0 aliphatic heterocycles. The van der Waals surface area contributed by atoms with Crippen molar-refractivity contribution < 1.29 is 9.59 Å². The number of nitrogens with zero attached hydrogens (tertiary/aromatic N) is 1. The van der Waals surface area contributed by atoms with Gasteiger partial charge in [-0.15, -0.1) is 0 Å². The van der Waals surface area contributed by atoms with Crippen LogP contribution in [-0.4, -0.2) is 47.8 Å². The quantitative estimate of drug-likeness (QED) is 0.642. The van der Waals surface area contributed by atoms with Gasteiger partial charge >= 0.3 is 0 Å². The molecule has 2 N–H and O–H groups in total. The highest BCUT2D eigenvalue weighted by molar-refractivity contribution is 6.02. The zero-order valence-corrected chi connectivity index (χ0v) is 15.7. The summed E-state index contributed by atoms with van der Waals surface area (Å²) in [5.74, 6) is -0.123. The van der Waals surface area contributed by atoms with Crippen molar-refractivity contribution in [2.24, 2.45) is 0 Å². The lowest BCUT2D eigenvalue weighted by Crippen LogP contribution is -2.52. The number of H-pyrrole nitrogens is 1. The maximum Gasteiger partial charge on any atom is 0.268 e. The number of rotatable bonds is 5. The molecule has 1 aliphatic rings. The fourth-order valence-corrected chi connectivity index (χ4v) is 4.01. The Morgan fingerprint density at radius 2 is 1.71 bits per heavy atom. The van der Waals surface area contributed by atoms with Crippen LogP contribution in [0.3, 0.4) is 0 Å². The summed E-state index contributed by atoms with van der Waals surface area (Å²) in [4.78, 5) is 29.8. The molecule has 1 heterocycles. The predicted octanol–water partition coefficient (Wildman–Crippen LogP) is 3.22. The standard InChI is InChI=1S/C19H31N3O2/c1-13-16(15(3)23)14(2)21-17(13)18(24)20-12-19(22(4)5)10-8-6-7-9-11-19/h21H,6-12H2,1-5H3,(H,20,24). The molecule has 2 rings (SSSR count). The molecule has 1 aliphatic carbocycles. The summed E-state index contributed by atoms with van der Waals surface area (Å²) in [6.07, 6.45) is 7.21. The van der Waals surface area contributed by atoms with E-state index in [0.29, 0.717) is 17.8 Å². The Morgan fingerprint density at radius 1 is 1.12 bits per heavy atom. The number of aromatic amines is 1. The van der Waals surface area contributed by atoms with Gasteiger partial charge in [0.2, 0.25) is 0 Å². The zero-order valence-electron chi connectivity index (χ0n) is 15.7. The first-order chi connectivity index (χ1) is 11.3. The first-order valence-electron chi connectivity index (χ1n) is 8.94. The monoisotopic (exact) mass is 333 g/mol. The molecule has 24 heavy (non-hydrogen) atoms. The van der Waals surface area contributed by atoms with E-state index in [-0.39, 0.29) is 17.2 Å². The fourth-order valence-electron chi connectivity index (χ4n) is 4.01. The number of likely N-dealkylation sites (N-methyl/N-ethyl adjacent to an activating group) is 1. The average molecular weight is 333 g/mol. The Balaban J connectivity index is 2.14. The third kappa shape index (κ3) is 3.72. The number of Topliss-reactive ketones (excluding diaryl/α,β-unsaturated/α-hetero) is 1. The van der Waals surface area contributed by atoms with Gasteiger partial charge in [-0.25, -0.2) is 0 Å². The SMILES string of the molecule is CC(=O)c1c(C)[nH]c(C(=O)NCC2(N(C)C)CCCCCC2)c1C. The predicted molar refractivity (Wildman–Crippen MR) is 96.7 cm³/mol. The van der Waals surface area contributed by atoms with Gasteiger partial charge in [-0.3, -0.25) is 9.59 Å². The molecule has 1 saturated carbocycles. The summed E-state index contributed by atoms with van der Waals surface area (Å²) >= 11 is 0. The molecular formula is C19H31N3O2. The molecule has 1 aromatic heterocycles. The highest BCUT2D eigenvalue weighted by Gasteiger charge is 2.34. The van der Waals surface area contributed by atoms with Crippen molar-refractivity contribution in [2.75, 3.05) is 20.6 Å². The molecule has 0 atom stereocenters. The number of aromatic nitrogens is 1. The van der Waals surface area contributed by atoms with Gasteiger partial charge in [-0.1, -0.05) is 25.7 Å². The van der Waals surface area contributed by atoms with Gasteiger partial charge in [0.1, 0.15) is 5.69 Å². The van der Waals surface area contributed by atoms with E-state index >= 15 is 0 Å². The summed E-state index contributed by atoms with van der Waals surface area (Å²) in [6, 6.07) is 0. The van der Waals surface area contributed by atoms with Crippen molar-refractivity contribution in [3.05, 3.63) is 22.5 Å². The summed E-state index contributed by atoms with van der Waals surface area (Å²) in [6.45, 7) is 5.86. The Hall–Kier alpha value is -1.62. The molecule has 0 spiro atoms. The van der Waals surface area contributed by atoms with Crippen LogP contribution in [0.15, 0.2) is 0 Å². The smallest absolute Gasteiger partial charge is 0.268 e. The van der Waals surface area contributed by atoms with Crippen LogP contribution in [0, 0.1) is 13.8 Å². The molecule has 1 aromatic rings. The van der Waals surface area contributed by atoms with Gasteiger partial charge in [0.05, 0.1) is 0 Å². The second-order valence-electron chi connectivity index (χ2n) is 7.40. The minimum atomic E-state index is -0.117. The Morgan fingerprint density at radius 3 is 2.17 bits per heavy atom. The fraction of sp³-hybridized carbons (Fsp3) is 0.684.